The molecule has 0 fully saturated rings. The molecule has 0 spiro atoms. The van der Waals surface area contributed by atoms with Crippen molar-refractivity contribution in [3.63, 3.8) is 0 Å². The minimum absolute atomic E-state index is 0.264. The summed E-state index contributed by atoms with van der Waals surface area (Å²) in [7, 11) is -0.411. The third-order valence-electron chi connectivity index (χ3n) is 1.13. The summed E-state index contributed by atoms with van der Waals surface area (Å²) in [6.45, 7) is 2.05. The number of benzene rings is 1. The first-order valence-electron chi connectivity index (χ1n) is 3.24. The minimum atomic E-state index is -0.411. The highest BCUT2D eigenvalue weighted by atomic mass is 28.2. The fraction of sp³-hybridized carbons (Fsp3) is 0.143. The second-order valence-electron chi connectivity index (χ2n) is 1.93. The van der Waals surface area contributed by atoms with Gasteiger partial charge < -0.3 is 9.53 Å². The Hall–Kier alpha value is -0.963. The van der Waals surface area contributed by atoms with E-state index in [9.17, 15) is 0 Å². The molecule has 2 nitrogen and oxygen atoms in total. The standard InChI is InChI=1S/C7H10O2Si/c1-10-9-7-4-2-3-6(8)5-7/h2-5,8H,10H2,1H3. The van der Waals surface area contributed by atoms with Gasteiger partial charge in [-0.15, -0.1) is 0 Å². The highest BCUT2D eigenvalue weighted by molar-refractivity contribution is 6.26. The van der Waals surface area contributed by atoms with E-state index >= 15 is 0 Å². The SMILES string of the molecule is C[SiH2]Oc1cccc(O)c1. The lowest BCUT2D eigenvalue weighted by atomic mass is 10.3. The summed E-state index contributed by atoms with van der Waals surface area (Å²) >= 11 is 0. The van der Waals surface area contributed by atoms with E-state index in [1.807, 2.05) is 12.6 Å². The molecule has 0 saturated carbocycles. The molecule has 0 saturated heterocycles. The molecular weight excluding hydrogens is 144 g/mol. The van der Waals surface area contributed by atoms with E-state index in [4.69, 9.17) is 9.53 Å². The highest BCUT2D eigenvalue weighted by Crippen LogP contribution is 2.16. The lowest BCUT2D eigenvalue weighted by Crippen LogP contribution is -1.94. The molecule has 0 aliphatic heterocycles. The van der Waals surface area contributed by atoms with Crippen molar-refractivity contribution in [2.75, 3.05) is 0 Å². The maximum atomic E-state index is 8.98. The van der Waals surface area contributed by atoms with Crippen LogP contribution in [0, 0.1) is 0 Å². The summed E-state index contributed by atoms with van der Waals surface area (Å²) in [5.41, 5.74) is 0. The quantitative estimate of drug-likeness (QED) is 0.641. The smallest absolute Gasteiger partial charge is 0.216 e. The van der Waals surface area contributed by atoms with E-state index in [1.165, 1.54) is 0 Å². The van der Waals surface area contributed by atoms with Gasteiger partial charge in [-0.3, -0.25) is 0 Å². The molecule has 1 aromatic carbocycles. The summed E-state index contributed by atoms with van der Waals surface area (Å²) < 4.78 is 5.27. The van der Waals surface area contributed by atoms with Crippen LogP contribution in [0.2, 0.25) is 6.55 Å². The van der Waals surface area contributed by atoms with Gasteiger partial charge >= 0.3 is 0 Å². The van der Waals surface area contributed by atoms with Crippen LogP contribution in [-0.2, 0) is 0 Å². The molecule has 0 atom stereocenters. The Kier molecular flexibility index (Phi) is 2.34. The van der Waals surface area contributed by atoms with Crippen LogP contribution in [0.15, 0.2) is 24.3 Å². The Balaban J connectivity index is 2.75. The maximum Gasteiger partial charge on any atom is 0.216 e. The van der Waals surface area contributed by atoms with Crippen LogP contribution in [0.5, 0.6) is 11.5 Å². The molecule has 0 amide bonds. The summed E-state index contributed by atoms with van der Waals surface area (Å²) in [5, 5.41) is 8.98. The Morgan fingerprint density at radius 2 is 2.30 bits per heavy atom. The van der Waals surface area contributed by atoms with Gasteiger partial charge in [0.1, 0.15) is 11.5 Å². The van der Waals surface area contributed by atoms with Gasteiger partial charge in [0, 0.05) is 6.07 Å². The van der Waals surface area contributed by atoms with Gasteiger partial charge in [0.2, 0.25) is 9.76 Å². The minimum Gasteiger partial charge on any atom is -0.550 e. The van der Waals surface area contributed by atoms with Gasteiger partial charge in [-0.05, 0) is 18.7 Å². The van der Waals surface area contributed by atoms with Crippen LogP contribution in [0.25, 0.3) is 0 Å². The molecule has 10 heavy (non-hydrogen) atoms. The average molecular weight is 154 g/mol. The molecule has 0 aliphatic carbocycles. The first-order valence-corrected chi connectivity index (χ1v) is 5.24. The monoisotopic (exact) mass is 154 g/mol. The predicted molar refractivity (Wildman–Crippen MR) is 43.1 cm³/mol. The summed E-state index contributed by atoms with van der Waals surface area (Å²) in [4.78, 5) is 0. The molecule has 1 N–H and O–H groups in total. The maximum absolute atomic E-state index is 8.98. The zero-order valence-electron chi connectivity index (χ0n) is 5.87. The predicted octanol–water partition coefficient (Wildman–Crippen LogP) is 0.903. The van der Waals surface area contributed by atoms with Crippen molar-refractivity contribution in [3.05, 3.63) is 24.3 Å². The molecule has 1 aromatic rings. The van der Waals surface area contributed by atoms with Gasteiger partial charge in [-0.2, -0.15) is 0 Å². The molecule has 1 rings (SSSR count). The van der Waals surface area contributed by atoms with E-state index in [1.54, 1.807) is 18.2 Å². The number of aromatic hydroxyl groups is 1. The van der Waals surface area contributed by atoms with E-state index in [0.29, 0.717) is 0 Å². The lowest BCUT2D eigenvalue weighted by molar-refractivity contribution is 0.471. The molecule has 0 aromatic heterocycles. The molecule has 0 aliphatic rings. The van der Waals surface area contributed by atoms with Crippen LogP contribution in [0.4, 0.5) is 0 Å². The lowest BCUT2D eigenvalue weighted by Gasteiger charge is -2.01. The van der Waals surface area contributed by atoms with Crippen molar-refractivity contribution in [2.45, 2.75) is 6.55 Å². The van der Waals surface area contributed by atoms with Gasteiger partial charge in [0.05, 0.1) is 0 Å². The Labute approximate surface area is 62.4 Å². The fourth-order valence-electron chi connectivity index (χ4n) is 0.740. The Morgan fingerprint density at radius 3 is 2.90 bits per heavy atom. The van der Waals surface area contributed by atoms with Crippen LogP contribution in [0.1, 0.15) is 0 Å². The van der Waals surface area contributed by atoms with E-state index in [2.05, 4.69) is 0 Å². The average Bonchev–Trinajstić information content (AvgIpc) is 1.88. The largest absolute Gasteiger partial charge is 0.550 e. The van der Waals surface area contributed by atoms with Crippen molar-refractivity contribution in [2.24, 2.45) is 0 Å². The molecule has 3 heteroatoms. The van der Waals surface area contributed by atoms with Gasteiger partial charge in [0.15, 0.2) is 0 Å². The first kappa shape index (κ1) is 7.15. The fourth-order valence-corrected chi connectivity index (χ4v) is 1.25. The van der Waals surface area contributed by atoms with Crippen molar-refractivity contribution in [1.82, 2.24) is 0 Å². The highest BCUT2D eigenvalue weighted by Gasteiger charge is 1.90. The van der Waals surface area contributed by atoms with Crippen LogP contribution in [-0.4, -0.2) is 14.9 Å². The number of rotatable bonds is 2. The zero-order chi connectivity index (χ0) is 7.40. The van der Waals surface area contributed by atoms with Crippen molar-refractivity contribution >= 4 is 9.76 Å². The second-order valence-corrected chi connectivity index (χ2v) is 2.80. The van der Waals surface area contributed by atoms with Gasteiger partial charge in [-0.1, -0.05) is 6.07 Å². The molecule has 0 unspecified atom stereocenters. The van der Waals surface area contributed by atoms with Gasteiger partial charge in [0.25, 0.3) is 0 Å². The van der Waals surface area contributed by atoms with E-state index < -0.39 is 9.76 Å². The first-order chi connectivity index (χ1) is 4.83. The summed E-state index contributed by atoms with van der Waals surface area (Å²) in [6.07, 6.45) is 0. The number of hydrogen-bond donors (Lipinski definition) is 1. The third-order valence-corrected chi connectivity index (χ3v) is 1.75. The molecule has 0 heterocycles. The molecular formula is C7H10O2Si. The zero-order valence-corrected chi connectivity index (χ0v) is 7.29. The van der Waals surface area contributed by atoms with Crippen LogP contribution >= 0.6 is 0 Å². The topological polar surface area (TPSA) is 29.5 Å². The van der Waals surface area contributed by atoms with E-state index in [-0.39, 0.29) is 5.75 Å². The Bertz CT molecular complexity index is 213. The molecule has 0 radical (unpaired) electrons. The van der Waals surface area contributed by atoms with Crippen LogP contribution < -0.4 is 4.43 Å². The van der Waals surface area contributed by atoms with Crippen LogP contribution in [0.3, 0.4) is 0 Å². The van der Waals surface area contributed by atoms with Gasteiger partial charge in [-0.25, -0.2) is 0 Å². The molecule has 0 bridgehead atoms. The van der Waals surface area contributed by atoms with Crippen molar-refractivity contribution < 1.29 is 9.53 Å². The molecule has 54 valence electrons. The number of hydrogen-bond acceptors (Lipinski definition) is 2. The third kappa shape index (κ3) is 1.77. The van der Waals surface area contributed by atoms with Crippen molar-refractivity contribution in [3.8, 4) is 11.5 Å². The van der Waals surface area contributed by atoms with E-state index in [0.717, 1.165) is 5.75 Å². The summed E-state index contributed by atoms with van der Waals surface area (Å²) in [6, 6.07) is 6.87. The number of phenolic OH excluding ortho intramolecular Hbond substituents is 1. The summed E-state index contributed by atoms with van der Waals surface area (Å²) in [5.74, 6) is 1.04. The normalized spacial score (nSPS) is 10.5. The Morgan fingerprint density at radius 1 is 1.50 bits per heavy atom. The second kappa shape index (κ2) is 3.27. The number of phenols is 1. The van der Waals surface area contributed by atoms with Crippen molar-refractivity contribution in [1.29, 1.82) is 0 Å².